The highest BCUT2D eigenvalue weighted by Crippen LogP contribution is 2.76. The van der Waals surface area contributed by atoms with Gasteiger partial charge < -0.3 is 0 Å². The maximum Gasteiger partial charge on any atom is -0.0318 e. The van der Waals surface area contributed by atoms with E-state index in [1.807, 2.05) is 0 Å². The number of hydrogen-bond acceptors (Lipinski definition) is 0. The lowest BCUT2D eigenvalue weighted by Gasteiger charge is -2.59. The molecule has 0 nitrogen and oxygen atoms in total. The van der Waals surface area contributed by atoms with E-state index in [1.54, 1.807) is 25.7 Å². The summed E-state index contributed by atoms with van der Waals surface area (Å²) >= 11 is 0. The second-order valence-electron chi connectivity index (χ2n) is 4.96. The first kappa shape index (κ1) is 4.79. The molecule has 4 saturated carbocycles. The second kappa shape index (κ2) is 1.19. The van der Waals surface area contributed by atoms with E-state index in [9.17, 15) is 0 Å². The van der Waals surface area contributed by atoms with Gasteiger partial charge in [0.1, 0.15) is 0 Å². The Bertz CT molecular complexity index is 131. The number of fused-ring (bicyclic) bond motifs is 2. The van der Waals surface area contributed by atoms with Crippen molar-refractivity contribution in [3.63, 3.8) is 0 Å². The molecule has 0 aromatic heterocycles. The van der Waals surface area contributed by atoms with Crippen molar-refractivity contribution >= 4 is 0 Å². The fourth-order valence-electron chi connectivity index (χ4n) is 5.02. The molecule has 0 aliphatic heterocycles. The van der Waals surface area contributed by atoms with E-state index >= 15 is 0 Å². The summed E-state index contributed by atoms with van der Waals surface area (Å²) in [5.74, 6) is 7.53. The minimum absolute atomic E-state index is 1.24. The summed E-state index contributed by atoms with van der Waals surface area (Å²) in [6.07, 6.45) is 6.47. The standard InChI is InChI=1S/C10H14/c1-2-6-8-4-3-7-5(1)9(6)10(7)8/h5-10H,1-4H2/t5-,6-,7-,8+,9?,10?/m1/s1. The third-order valence-electron chi connectivity index (χ3n) is 5.19. The zero-order chi connectivity index (χ0) is 6.29. The molecule has 0 heteroatoms. The van der Waals surface area contributed by atoms with E-state index in [0.29, 0.717) is 0 Å². The summed E-state index contributed by atoms with van der Waals surface area (Å²) in [4.78, 5) is 0. The first-order valence-corrected chi connectivity index (χ1v) is 4.97. The molecule has 4 fully saturated rings. The Kier molecular flexibility index (Phi) is 0.570. The van der Waals surface area contributed by atoms with Gasteiger partial charge in [0, 0.05) is 0 Å². The topological polar surface area (TPSA) is 0 Å². The molecule has 4 aliphatic rings. The lowest BCUT2D eigenvalue weighted by molar-refractivity contribution is -0.124. The summed E-state index contributed by atoms with van der Waals surface area (Å²) in [5.41, 5.74) is 0. The molecule has 54 valence electrons. The van der Waals surface area contributed by atoms with Crippen LogP contribution in [0.15, 0.2) is 0 Å². The van der Waals surface area contributed by atoms with Crippen molar-refractivity contribution in [2.75, 3.05) is 0 Å². The molecule has 0 bridgehead atoms. The second-order valence-corrected chi connectivity index (χ2v) is 4.96. The van der Waals surface area contributed by atoms with E-state index in [0.717, 1.165) is 0 Å². The molecule has 0 aromatic rings. The summed E-state index contributed by atoms with van der Waals surface area (Å²) < 4.78 is 0. The fraction of sp³-hybridized carbons (Fsp3) is 1.00. The molecule has 10 heavy (non-hydrogen) atoms. The normalized spacial score (nSPS) is 74.4. The highest BCUT2D eigenvalue weighted by Gasteiger charge is 2.70. The average molecular weight is 134 g/mol. The van der Waals surface area contributed by atoms with Crippen LogP contribution in [0.1, 0.15) is 25.7 Å². The van der Waals surface area contributed by atoms with Crippen LogP contribution in [-0.2, 0) is 0 Å². The number of hydrogen-bond donors (Lipinski definition) is 0. The van der Waals surface area contributed by atoms with Crippen LogP contribution in [0.25, 0.3) is 0 Å². The van der Waals surface area contributed by atoms with Gasteiger partial charge in [-0.1, -0.05) is 0 Å². The molecular weight excluding hydrogens is 120 g/mol. The lowest BCUT2D eigenvalue weighted by Crippen LogP contribution is -2.55. The molecule has 4 rings (SSSR count). The molecule has 0 saturated heterocycles. The molecule has 0 radical (unpaired) electrons. The predicted octanol–water partition coefficient (Wildman–Crippen LogP) is 2.30. The Balaban J connectivity index is 1.87. The highest BCUT2D eigenvalue weighted by molar-refractivity contribution is 5.18. The maximum absolute atomic E-state index is 1.62. The van der Waals surface area contributed by atoms with Gasteiger partial charge in [0.25, 0.3) is 0 Å². The van der Waals surface area contributed by atoms with Crippen LogP contribution in [-0.4, -0.2) is 0 Å². The zero-order valence-electron chi connectivity index (χ0n) is 6.29. The molecule has 0 N–H and O–H groups in total. The Morgan fingerprint density at radius 2 is 0.800 bits per heavy atom. The van der Waals surface area contributed by atoms with Gasteiger partial charge in [0.05, 0.1) is 0 Å². The third-order valence-corrected chi connectivity index (χ3v) is 5.19. The average Bonchev–Trinajstić information content (AvgIpc) is 2.10. The molecule has 6 atom stereocenters. The maximum atomic E-state index is 1.62. The minimum Gasteiger partial charge on any atom is -0.0496 e. The van der Waals surface area contributed by atoms with Gasteiger partial charge in [-0.05, 0) is 61.2 Å². The van der Waals surface area contributed by atoms with E-state index in [1.165, 1.54) is 35.5 Å². The van der Waals surface area contributed by atoms with Gasteiger partial charge in [-0.2, -0.15) is 0 Å². The van der Waals surface area contributed by atoms with Crippen LogP contribution < -0.4 is 0 Å². The molecule has 0 heterocycles. The molecule has 2 unspecified atom stereocenters. The van der Waals surface area contributed by atoms with Gasteiger partial charge in [-0.25, -0.2) is 0 Å². The van der Waals surface area contributed by atoms with Crippen LogP contribution in [0.5, 0.6) is 0 Å². The van der Waals surface area contributed by atoms with Gasteiger partial charge in [-0.3, -0.25) is 0 Å². The fourth-order valence-corrected chi connectivity index (χ4v) is 5.02. The molecule has 4 aliphatic carbocycles. The van der Waals surface area contributed by atoms with Crippen molar-refractivity contribution in [3.8, 4) is 0 Å². The van der Waals surface area contributed by atoms with E-state index in [-0.39, 0.29) is 0 Å². The van der Waals surface area contributed by atoms with Crippen molar-refractivity contribution in [2.45, 2.75) is 25.7 Å². The van der Waals surface area contributed by atoms with Crippen molar-refractivity contribution in [1.29, 1.82) is 0 Å². The Hall–Kier alpha value is 0. The van der Waals surface area contributed by atoms with Crippen LogP contribution in [0.2, 0.25) is 0 Å². The van der Waals surface area contributed by atoms with Gasteiger partial charge in [0.2, 0.25) is 0 Å². The van der Waals surface area contributed by atoms with E-state index in [4.69, 9.17) is 0 Å². The Morgan fingerprint density at radius 1 is 0.500 bits per heavy atom. The van der Waals surface area contributed by atoms with Crippen LogP contribution in [0.3, 0.4) is 0 Å². The van der Waals surface area contributed by atoms with E-state index < -0.39 is 0 Å². The van der Waals surface area contributed by atoms with Gasteiger partial charge in [0.15, 0.2) is 0 Å². The Labute approximate surface area is 62.0 Å². The molecular formula is C10H14. The molecule has 0 amide bonds. The first-order valence-electron chi connectivity index (χ1n) is 4.97. The van der Waals surface area contributed by atoms with E-state index in [2.05, 4.69) is 0 Å². The minimum atomic E-state index is 1.24. The summed E-state index contributed by atoms with van der Waals surface area (Å²) in [6, 6.07) is 0. The molecule has 0 spiro atoms. The Morgan fingerprint density at radius 3 is 1.10 bits per heavy atom. The largest absolute Gasteiger partial charge is 0.0496 e. The van der Waals surface area contributed by atoms with Crippen molar-refractivity contribution < 1.29 is 0 Å². The zero-order valence-corrected chi connectivity index (χ0v) is 6.29. The molecule has 0 aromatic carbocycles. The lowest BCUT2D eigenvalue weighted by atomic mass is 9.45. The smallest absolute Gasteiger partial charge is 0.0318 e. The SMILES string of the molecule is C1C[C@H]2C3C4[C@H](CC[C@@H]42)[C@H]13. The van der Waals surface area contributed by atoms with Crippen molar-refractivity contribution in [3.05, 3.63) is 0 Å². The van der Waals surface area contributed by atoms with Gasteiger partial charge in [-0.15, -0.1) is 0 Å². The first-order chi connectivity index (χ1) is 4.97. The summed E-state index contributed by atoms with van der Waals surface area (Å²) in [6.45, 7) is 0. The van der Waals surface area contributed by atoms with Crippen molar-refractivity contribution in [1.82, 2.24) is 0 Å². The van der Waals surface area contributed by atoms with Gasteiger partial charge >= 0.3 is 0 Å². The third kappa shape index (κ3) is 0.271. The monoisotopic (exact) mass is 134 g/mol. The van der Waals surface area contributed by atoms with Crippen LogP contribution >= 0.6 is 0 Å². The quantitative estimate of drug-likeness (QED) is 0.477. The summed E-state index contributed by atoms with van der Waals surface area (Å²) in [5, 5.41) is 0. The highest BCUT2D eigenvalue weighted by atomic mass is 14.7. The van der Waals surface area contributed by atoms with Crippen LogP contribution in [0, 0.1) is 35.5 Å². The number of rotatable bonds is 0. The van der Waals surface area contributed by atoms with Crippen LogP contribution in [0.4, 0.5) is 0 Å². The van der Waals surface area contributed by atoms with Crippen molar-refractivity contribution in [2.24, 2.45) is 35.5 Å². The summed E-state index contributed by atoms with van der Waals surface area (Å²) in [7, 11) is 0. The predicted molar refractivity (Wildman–Crippen MR) is 39.4 cm³/mol.